The second kappa shape index (κ2) is 5.66. The van der Waals surface area contributed by atoms with Crippen LogP contribution in [0.25, 0.3) is 0 Å². The maximum absolute atomic E-state index is 11.7. The maximum atomic E-state index is 11.7. The molecule has 1 unspecified atom stereocenters. The molecule has 1 saturated heterocycles. The van der Waals surface area contributed by atoms with Gasteiger partial charge in [-0.3, -0.25) is 9.59 Å². The summed E-state index contributed by atoms with van der Waals surface area (Å²) in [7, 11) is -2.94. The summed E-state index contributed by atoms with van der Waals surface area (Å²) in [5.41, 5.74) is 5.64. The molecular formula is C12H17N3O4S. The molecular weight excluding hydrogens is 282 g/mol. The minimum atomic E-state index is -2.94. The fourth-order valence-electron chi connectivity index (χ4n) is 2.18. The van der Waals surface area contributed by atoms with Gasteiger partial charge in [0.1, 0.15) is 6.54 Å². The Kier molecular flexibility index (Phi) is 4.12. The van der Waals surface area contributed by atoms with E-state index in [0.717, 1.165) is 0 Å². The molecule has 1 atom stereocenters. The Labute approximate surface area is 116 Å². The molecule has 3 N–H and O–H groups in total. The van der Waals surface area contributed by atoms with Gasteiger partial charge in [-0.1, -0.05) is 0 Å². The highest BCUT2D eigenvalue weighted by atomic mass is 32.2. The van der Waals surface area contributed by atoms with E-state index >= 15 is 0 Å². The number of sulfone groups is 1. The minimum Gasteiger partial charge on any atom is -0.398 e. The first kappa shape index (κ1) is 14.6. The van der Waals surface area contributed by atoms with Crippen molar-refractivity contribution in [1.29, 1.82) is 0 Å². The second-order valence-corrected chi connectivity index (χ2v) is 7.23. The summed E-state index contributed by atoms with van der Waals surface area (Å²) >= 11 is 0. The molecule has 2 heterocycles. The van der Waals surface area contributed by atoms with Crippen LogP contribution in [0.5, 0.6) is 0 Å². The zero-order valence-corrected chi connectivity index (χ0v) is 11.7. The lowest BCUT2D eigenvalue weighted by molar-refractivity contribution is -0.121. The molecule has 0 aliphatic carbocycles. The van der Waals surface area contributed by atoms with Crippen molar-refractivity contribution in [1.82, 2.24) is 9.88 Å². The predicted octanol–water partition coefficient (Wildman–Crippen LogP) is -1.02. The molecule has 1 aliphatic rings. The fraction of sp³-hybridized carbons (Fsp3) is 0.500. The number of rotatable bonds is 4. The third-order valence-electron chi connectivity index (χ3n) is 3.23. The van der Waals surface area contributed by atoms with Crippen LogP contribution in [0.1, 0.15) is 6.42 Å². The maximum Gasteiger partial charge on any atom is 0.251 e. The molecule has 0 saturated carbocycles. The summed E-state index contributed by atoms with van der Waals surface area (Å²) in [5, 5.41) is 2.65. The van der Waals surface area contributed by atoms with Gasteiger partial charge in [-0.05, 0) is 18.4 Å². The first-order valence-electron chi connectivity index (χ1n) is 6.29. The van der Waals surface area contributed by atoms with Gasteiger partial charge in [-0.15, -0.1) is 0 Å². The van der Waals surface area contributed by atoms with Crippen LogP contribution in [0, 0.1) is 5.92 Å². The Morgan fingerprint density at radius 3 is 2.85 bits per heavy atom. The smallest absolute Gasteiger partial charge is 0.251 e. The van der Waals surface area contributed by atoms with Gasteiger partial charge in [0.2, 0.25) is 5.91 Å². The molecule has 1 aliphatic heterocycles. The number of carbonyl (C=O) groups is 1. The van der Waals surface area contributed by atoms with E-state index in [1.807, 2.05) is 0 Å². The molecule has 0 aromatic carbocycles. The highest BCUT2D eigenvalue weighted by molar-refractivity contribution is 7.91. The number of nitrogens with two attached hydrogens (primary N) is 1. The number of nitrogen functional groups attached to an aromatic ring is 1. The molecule has 2 rings (SSSR count). The van der Waals surface area contributed by atoms with E-state index in [-0.39, 0.29) is 35.4 Å². The minimum absolute atomic E-state index is 0.0403. The van der Waals surface area contributed by atoms with E-state index in [2.05, 4.69) is 5.32 Å². The Morgan fingerprint density at radius 2 is 2.20 bits per heavy atom. The zero-order chi connectivity index (χ0) is 14.8. The second-order valence-electron chi connectivity index (χ2n) is 5.00. The van der Waals surface area contributed by atoms with Gasteiger partial charge in [0, 0.05) is 24.5 Å². The van der Waals surface area contributed by atoms with E-state index < -0.39 is 9.84 Å². The molecule has 0 spiro atoms. The number of carbonyl (C=O) groups excluding carboxylic acids is 1. The number of nitrogens with zero attached hydrogens (tertiary/aromatic N) is 1. The van der Waals surface area contributed by atoms with Gasteiger partial charge in [0.25, 0.3) is 5.56 Å². The van der Waals surface area contributed by atoms with Gasteiger partial charge in [0.15, 0.2) is 9.84 Å². The first-order valence-corrected chi connectivity index (χ1v) is 8.11. The summed E-state index contributed by atoms with van der Waals surface area (Å²) in [6.45, 7) is 0.193. The molecule has 1 amide bonds. The van der Waals surface area contributed by atoms with Gasteiger partial charge in [0.05, 0.1) is 11.5 Å². The zero-order valence-electron chi connectivity index (χ0n) is 10.9. The van der Waals surface area contributed by atoms with Crippen LogP contribution in [0.4, 0.5) is 5.69 Å². The molecule has 110 valence electrons. The number of anilines is 1. The molecule has 1 aromatic heterocycles. The number of amides is 1. The van der Waals surface area contributed by atoms with Crippen molar-refractivity contribution in [2.45, 2.75) is 13.0 Å². The lowest BCUT2D eigenvalue weighted by Crippen LogP contribution is -2.35. The summed E-state index contributed by atoms with van der Waals surface area (Å²) in [6.07, 6.45) is 1.97. The SMILES string of the molecule is Nc1ccc(=O)n(CC(=O)NCC2CCS(=O)(=O)C2)c1. The van der Waals surface area contributed by atoms with Crippen LogP contribution < -0.4 is 16.6 Å². The molecule has 1 fully saturated rings. The van der Waals surface area contributed by atoms with Crippen molar-refractivity contribution in [2.75, 3.05) is 23.8 Å². The Morgan fingerprint density at radius 1 is 1.45 bits per heavy atom. The van der Waals surface area contributed by atoms with Crippen LogP contribution in [-0.2, 0) is 21.2 Å². The number of hydrogen-bond donors (Lipinski definition) is 2. The largest absolute Gasteiger partial charge is 0.398 e. The van der Waals surface area contributed by atoms with Crippen molar-refractivity contribution in [3.05, 3.63) is 28.7 Å². The fourth-order valence-corrected chi connectivity index (χ4v) is 4.04. The molecule has 0 bridgehead atoms. The predicted molar refractivity (Wildman–Crippen MR) is 74.9 cm³/mol. The van der Waals surface area contributed by atoms with Gasteiger partial charge in [-0.2, -0.15) is 0 Å². The summed E-state index contributed by atoms with van der Waals surface area (Å²) < 4.78 is 23.8. The summed E-state index contributed by atoms with van der Waals surface area (Å²) in [5.74, 6) is -0.0724. The Balaban J connectivity index is 1.87. The standard InChI is InChI=1S/C12H17N3O4S/c13-10-1-2-12(17)15(6-10)7-11(16)14-5-9-3-4-20(18,19)8-9/h1-2,6,9H,3-5,7-8,13H2,(H,14,16). The van der Waals surface area contributed by atoms with Crippen LogP contribution in [0.15, 0.2) is 23.1 Å². The van der Waals surface area contributed by atoms with Crippen LogP contribution in [-0.4, -0.2) is 36.9 Å². The lowest BCUT2D eigenvalue weighted by Gasteiger charge is -2.11. The monoisotopic (exact) mass is 299 g/mol. The van der Waals surface area contributed by atoms with Crippen molar-refractivity contribution < 1.29 is 13.2 Å². The topological polar surface area (TPSA) is 111 Å². The molecule has 0 radical (unpaired) electrons. The van der Waals surface area contributed by atoms with Gasteiger partial charge >= 0.3 is 0 Å². The lowest BCUT2D eigenvalue weighted by atomic mass is 10.1. The van der Waals surface area contributed by atoms with Crippen LogP contribution in [0.3, 0.4) is 0 Å². The van der Waals surface area contributed by atoms with Crippen LogP contribution in [0.2, 0.25) is 0 Å². The highest BCUT2D eigenvalue weighted by Crippen LogP contribution is 2.17. The van der Waals surface area contributed by atoms with Crippen molar-refractivity contribution in [2.24, 2.45) is 5.92 Å². The average Bonchev–Trinajstić information content (AvgIpc) is 2.71. The van der Waals surface area contributed by atoms with E-state index in [1.165, 1.54) is 22.9 Å². The molecule has 1 aromatic rings. The van der Waals surface area contributed by atoms with Crippen molar-refractivity contribution >= 4 is 21.4 Å². The molecule has 8 heteroatoms. The number of aromatic nitrogens is 1. The Hall–Kier alpha value is -1.83. The average molecular weight is 299 g/mol. The number of hydrogen-bond acceptors (Lipinski definition) is 5. The normalized spacial score (nSPS) is 20.7. The quantitative estimate of drug-likeness (QED) is 0.739. The number of nitrogens with one attached hydrogen (secondary N) is 1. The number of pyridine rings is 1. The van der Waals surface area contributed by atoms with E-state index in [9.17, 15) is 18.0 Å². The molecule has 20 heavy (non-hydrogen) atoms. The van der Waals surface area contributed by atoms with E-state index in [4.69, 9.17) is 5.73 Å². The van der Waals surface area contributed by atoms with Crippen molar-refractivity contribution in [3.8, 4) is 0 Å². The summed E-state index contributed by atoms with van der Waals surface area (Å²) in [6, 6.07) is 2.77. The third kappa shape index (κ3) is 3.83. The van der Waals surface area contributed by atoms with E-state index in [1.54, 1.807) is 0 Å². The van der Waals surface area contributed by atoms with Crippen LogP contribution >= 0.6 is 0 Å². The van der Waals surface area contributed by atoms with E-state index in [0.29, 0.717) is 18.7 Å². The first-order chi connectivity index (χ1) is 9.35. The van der Waals surface area contributed by atoms with Gasteiger partial charge in [-0.25, -0.2) is 8.42 Å². The third-order valence-corrected chi connectivity index (χ3v) is 5.07. The summed E-state index contributed by atoms with van der Waals surface area (Å²) in [4.78, 5) is 23.2. The Bertz CT molecular complexity index is 666. The van der Waals surface area contributed by atoms with Gasteiger partial charge < -0.3 is 15.6 Å². The molecule has 7 nitrogen and oxygen atoms in total. The highest BCUT2D eigenvalue weighted by Gasteiger charge is 2.27. The van der Waals surface area contributed by atoms with Crippen molar-refractivity contribution in [3.63, 3.8) is 0 Å².